The summed E-state index contributed by atoms with van der Waals surface area (Å²) in [6.45, 7) is 1.52. The number of rotatable bonds is 4. The maximum atomic E-state index is 10.9. The highest BCUT2D eigenvalue weighted by Gasteiger charge is 2.16. The van der Waals surface area contributed by atoms with Crippen LogP contribution in [0.15, 0.2) is 28.9 Å². The molecule has 0 aromatic carbocycles. The molecule has 2 N–H and O–H groups in total. The lowest BCUT2D eigenvalue weighted by atomic mass is 10.1. The number of carbonyl (C=O) groups excluding carboxylic acids is 1. The average molecular weight is 220 g/mol. The maximum absolute atomic E-state index is 10.9. The monoisotopic (exact) mass is 220 g/mol. The molecule has 1 aromatic rings. The predicted octanol–water partition coefficient (Wildman–Crippen LogP) is 1.16. The van der Waals surface area contributed by atoms with Crippen molar-refractivity contribution in [3.8, 4) is 0 Å². The Bertz CT molecular complexity index is 347. The second-order valence-electron chi connectivity index (χ2n) is 3.87. The lowest BCUT2D eigenvalue weighted by molar-refractivity contribution is -0.122. The van der Waals surface area contributed by atoms with E-state index in [2.05, 4.69) is 10.6 Å². The molecule has 1 aliphatic rings. The fraction of sp³-hybridized carbons (Fsp3) is 0.417. The molecule has 0 saturated carbocycles. The van der Waals surface area contributed by atoms with E-state index < -0.39 is 0 Å². The zero-order chi connectivity index (χ0) is 11.2. The van der Waals surface area contributed by atoms with E-state index in [0.29, 0.717) is 12.5 Å². The standard InChI is InChI=1S/C12H16N2O2/c15-12-6-5-10(9-14-12)13-7-1-3-11-4-2-8-16-11/h1-4,8,10,13H,5-7,9H2,(H,14,15)/b3-1+. The number of nitrogens with one attached hydrogen (secondary N) is 2. The fourth-order valence-corrected chi connectivity index (χ4v) is 1.70. The van der Waals surface area contributed by atoms with Crippen molar-refractivity contribution < 1.29 is 9.21 Å². The Morgan fingerprint density at radius 3 is 3.25 bits per heavy atom. The number of carbonyl (C=O) groups is 1. The van der Waals surface area contributed by atoms with Crippen LogP contribution < -0.4 is 10.6 Å². The smallest absolute Gasteiger partial charge is 0.220 e. The maximum Gasteiger partial charge on any atom is 0.220 e. The fourth-order valence-electron chi connectivity index (χ4n) is 1.70. The van der Waals surface area contributed by atoms with Crippen LogP contribution in [-0.4, -0.2) is 25.0 Å². The summed E-state index contributed by atoms with van der Waals surface area (Å²) in [5, 5.41) is 6.20. The summed E-state index contributed by atoms with van der Waals surface area (Å²) in [4.78, 5) is 10.9. The molecule has 1 amide bonds. The van der Waals surface area contributed by atoms with Gasteiger partial charge in [-0.15, -0.1) is 0 Å². The van der Waals surface area contributed by atoms with Gasteiger partial charge in [-0.1, -0.05) is 6.08 Å². The van der Waals surface area contributed by atoms with E-state index in [-0.39, 0.29) is 5.91 Å². The summed E-state index contributed by atoms with van der Waals surface area (Å²) in [6.07, 6.45) is 7.16. The van der Waals surface area contributed by atoms with Crippen molar-refractivity contribution in [1.29, 1.82) is 0 Å². The van der Waals surface area contributed by atoms with Crippen molar-refractivity contribution in [2.75, 3.05) is 13.1 Å². The Morgan fingerprint density at radius 1 is 1.62 bits per heavy atom. The molecule has 2 rings (SSSR count). The SMILES string of the molecule is O=C1CCC(NC/C=C/c2ccco2)CN1. The molecular formula is C12H16N2O2. The zero-order valence-electron chi connectivity index (χ0n) is 9.11. The Balaban J connectivity index is 1.66. The molecule has 1 aliphatic heterocycles. The third-order valence-corrected chi connectivity index (χ3v) is 2.62. The van der Waals surface area contributed by atoms with Crippen LogP contribution in [0.2, 0.25) is 0 Å². The van der Waals surface area contributed by atoms with Crippen LogP contribution in [0.25, 0.3) is 6.08 Å². The summed E-state index contributed by atoms with van der Waals surface area (Å²) in [7, 11) is 0. The van der Waals surface area contributed by atoms with Gasteiger partial charge < -0.3 is 15.1 Å². The van der Waals surface area contributed by atoms with Gasteiger partial charge >= 0.3 is 0 Å². The minimum atomic E-state index is 0.157. The van der Waals surface area contributed by atoms with Gasteiger partial charge in [0.2, 0.25) is 5.91 Å². The average Bonchev–Trinajstić information content (AvgIpc) is 2.80. The van der Waals surface area contributed by atoms with Crippen LogP contribution in [0.1, 0.15) is 18.6 Å². The molecule has 0 bridgehead atoms. The molecule has 4 heteroatoms. The molecule has 1 unspecified atom stereocenters. The molecule has 0 spiro atoms. The van der Waals surface area contributed by atoms with Gasteiger partial charge in [0.1, 0.15) is 5.76 Å². The molecule has 1 fully saturated rings. The number of piperidine rings is 1. The molecule has 4 nitrogen and oxygen atoms in total. The van der Waals surface area contributed by atoms with E-state index in [0.717, 1.165) is 25.3 Å². The van der Waals surface area contributed by atoms with E-state index in [4.69, 9.17) is 4.42 Å². The minimum Gasteiger partial charge on any atom is -0.465 e. The molecule has 1 saturated heterocycles. The number of furan rings is 1. The quantitative estimate of drug-likeness (QED) is 0.800. The second kappa shape index (κ2) is 5.51. The number of hydrogen-bond acceptors (Lipinski definition) is 3. The van der Waals surface area contributed by atoms with Gasteiger partial charge in [0.15, 0.2) is 0 Å². The summed E-state index contributed by atoms with van der Waals surface area (Å²) >= 11 is 0. The first-order valence-corrected chi connectivity index (χ1v) is 5.55. The van der Waals surface area contributed by atoms with Crippen LogP contribution in [0.4, 0.5) is 0 Å². The van der Waals surface area contributed by atoms with E-state index >= 15 is 0 Å². The zero-order valence-corrected chi connectivity index (χ0v) is 9.11. The Morgan fingerprint density at radius 2 is 2.56 bits per heavy atom. The molecular weight excluding hydrogens is 204 g/mol. The Labute approximate surface area is 94.7 Å². The predicted molar refractivity (Wildman–Crippen MR) is 61.8 cm³/mol. The molecule has 1 atom stereocenters. The summed E-state index contributed by atoms with van der Waals surface area (Å²) in [5.74, 6) is 1.02. The van der Waals surface area contributed by atoms with Crippen molar-refractivity contribution in [3.05, 3.63) is 30.2 Å². The van der Waals surface area contributed by atoms with Gasteiger partial charge in [0.25, 0.3) is 0 Å². The van der Waals surface area contributed by atoms with Crippen molar-refractivity contribution in [3.63, 3.8) is 0 Å². The molecule has 2 heterocycles. The number of amides is 1. The van der Waals surface area contributed by atoms with E-state index in [9.17, 15) is 4.79 Å². The van der Waals surface area contributed by atoms with Crippen LogP contribution in [0.5, 0.6) is 0 Å². The number of hydrogen-bond donors (Lipinski definition) is 2. The highest BCUT2D eigenvalue weighted by atomic mass is 16.3. The first-order valence-electron chi connectivity index (χ1n) is 5.55. The summed E-state index contributed by atoms with van der Waals surface area (Å²) in [5.41, 5.74) is 0. The third kappa shape index (κ3) is 3.24. The summed E-state index contributed by atoms with van der Waals surface area (Å²) in [6, 6.07) is 4.17. The normalized spacial score (nSPS) is 21.2. The van der Waals surface area contributed by atoms with Gasteiger partial charge in [-0.2, -0.15) is 0 Å². The minimum absolute atomic E-state index is 0.157. The van der Waals surface area contributed by atoms with E-state index in [1.54, 1.807) is 6.26 Å². The first-order chi connectivity index (χ1) is 7.84. The van der Waals surface area contributed by atoms with Crippen molar-refractivity contribution in [2.24, 2.45) is 0 Å². The topological polar surface area (TPSA) is 54.3 Å². The molecule has 1 aromatic heterocycles. The van der Waals surface area contributed by atoms with Gasteiger partial charge in [0, 0.05) is 25.6 Å². The van der Waals surface area contributed by atoms with Crippen LogP contribution in [0.3, 0.4) is 0 Å². The van der Waals surface area contributed by atoms with Crippen molar-refractivity contribution >= 4 is 12.0 Å². The molecule has 0 radical (unpaired) electrons. The lowest BCUT2D eigenvalue weighted by Gasteiger charge is -2.22. The lowest BCUT2D eigenvalue weighted by Crippen LogP contribution is -2.45. The van der Waals surface area contributed by atoms with Gasteiger partial charge in [-0.3, -0.25) is 4.79 Å². The highest BCUT2D eigenvalue weighted by molar-refractivity contribution is 5.76. The Kier molecular flexibility index (Phi) is 3.77. The Hall–Kier alpha value is -1.55. The van der Waals surface area contributed by atoms with Gasteiger partial charge in [0.05, 0.1) is 6.26 Å². The third-order valence-electron chi connectivity index (χ3n) is 2.62. The van der Waals surface area contributed by atoms with Crippen molar-refractivity contribution in [2.45, 2.75) is 18.9 Å². The van der Waals surface area contributed by atoms with Crippen LogP contribution >= 0.6 is 0 Å². The summed E-state index contributed by atoms with van der Waals surface area (Å²) < 4.78 is 5.17. The molecule has 86 valence electrons. The largest absolute Gasteiger partial charge is 0.465 e. The highest BCUT2D eigenvalue weighted by Crippen LogP contribution is 2.03. The molecule has 0 aliphatic carbocycles. The van der Waals surface area contributed by atoms with Gasteiger partial charge in [-0.25, -0.2) is 0 Å². The van der Waals surface area contributed by atoms with Crippen LogP contribution in [0, 0.1) is 0 Å². The van der Waals surface area contributed by atoms with Gasteiger partial charge in [-0.05, 0) is 24.6 Å². The van der Waals surface area contributed by atoms with E-state index in [1.807, 2.05) is 24.3 Å². The second-order valence-corrected chi connectivity index (χ2v) is 3.87. The first kappa shape index (κ1) is 11.0. The molecule has 16 heavy (non-hydrogen) atoms. The van der Waals surface area contributed by atoms with Crippen molar-refractivity contribution in [1.82, 2.24) is 10.6 Å². The van der Waals surface area contributed by atoms with E-state index in [1.165, 1.54) is 0 Å². The van der Waals surface area contributed by atoms with Crippen LogP contribution in [-0.2, 0) is 4.79 Å².